The van der Waals surface area contributed by atoms with Crippen LogP contribution in [0.2, 0.25) is 0 Å². The molecule has 1 saturated carbocycles. The van der Waals surface area contributed by atoms with Crippen LogP contribution < -0.4 is 5.32 Å². The van der Waals surface area contributed by atoms with Gasteiger partial charge in [0.2, 0.25) is 0 Å². The Bertz CT molecular complexity index is 703. The van der Waals surface area contributed by atoms with Gasteiger partial charge in [0, 0.05) is 24.7 Å². The van der Waals surface area contributed by atoms with E-state index in [4.69, 9.17) is 9.15 Å². The molecule has 2 aromatic rings. The van der Waals surface area contributed by atoms with Crippen molar-refractivity contribution >= 4 is 17.1 Å². The lowest BCUT2D eigenvalue weighted by atomic mass is 9.58. The fourth-order valence-electron chi connectivity index (χ4n) is 3.99. The van der Waals surface area contributed by atoms with E-state index in [-0.39, 0.29) is 17.6 Å². The van der Waals surface area contributed by atoms with Crippen molar-refractivity contribution in [1.82, 2.24) is 4.98 Å². The maximum absolute atomic E-state index is 10.2. The molecule has 118 valence electrons. The minimum absolute atomic E-state index is 0.0795. The van der Waals surface area contributed by atoms with E-state index < -0.39 is 0 Å². The number of fused-ring (bicyclic) bond motifs is 1. The van der Waals surface area contributed by atoms with E-state index in [1.165, 1.54) is 5.56 Å². The van der Waals surface area contributed by atoms with Gasteiger partial charge in [0.25, 0.3) is 6.01 Å². The highest BCUT2D eigenvalue weighted by molar-refractivity contribution is 5.78. The summed E-state index contributed by atoms with van der Waals surface area (Å²) in [5.41, 5.74) is 3.94. The van der Waals surface area contributed by atoms with Crippen LogP contribution in [0.15, 0.2) is 16.5 Å². The third-order valence-electron chi connectivity index (χ3n) is 5.36. The molecule has 4 rings (SSSR count). The molecular formula is C17H22N2O3. The van der Waals surface area contributed by atoms with Gasteiger partial charge in [0.05, 0.1) is 6.10 Å². The lowest BCUT2D eigenvalue weighted by Crippen LogP contribution is -2.62. The number of aromatic nitrogens is 1. The summed E-state index contributed by atoms with van der Waals surface area (Å²) in [5, 5.41) is 13.7. The Kier molecular flexibility index (Phi) is 3.16. The van der Waals surface area contributed by atoms with E-state index in [0.717, 1.165) is 49.1 Å². The Hall–Kier alpha value is -1.59. The normalized spacial score (nSPS) is 27.0. The van der Waals surface area contributed by atoms with Crippen molar-refractivity contribution in [2.24, 2.45) is 5.41 Å². The van der Waals surface area contributed by atoms with E-state index >= 15 is 0 Å². The molecule has 0 bridgehead atoms. The van der Waals surface area contributed by atoms with Gasteiger partial charge < -0.3 is 19.6 Å². The van der Waals surface area contributed by atoms with Crippen LogP contribution in [0.4, 0.5) is 6.01 Å². The molecule has 2 heterocycles. The number of ether oxygens (including phenoxy) is 1. The summed E-state index contributed by atoms with van der Waals surface area (Å²) in [6.45, 7) is 5.55. The number of oxazole rings is 1. The molecule has 2 fully saturated rings. The first kappa shape index (κ1) is 14.0. The first-order chi connectivity index (χ1) is 10.6. The molecule has 2 N–H and O–H groups in total. The molecule has 0 unspecified atom stereocenters. The number of anilines is 1. The van der Waals surface area contributed by atoms with Crippen LogP contribution in [-0.4, -0.2) is 35.5 Å². The summed E-state index contributed by atoms with van der Waals surface area (Å²) in [6.07, 6.45) is 2.28. The molecule has 1 saturated heterocycles. The van der Waals surface area contributed by atoms with Crippen molar-refractivity contribution in [3.05, 3.63) is 23.3 Å². The Morgan fingerprint density at radius 1 is 1.27 bits per heavy atom. The standard InChI is InChI=1S/C17H22N2O3/c1-10-7-11(2)15-12(8-10)18-16(22-15)19-13-9-14(20)17(13)3-5-21-6-4-17/h7-8,13-14,20H,3-6,9H2,1-2H3,(H,18,19)/t13-,14-/m1/s1. The summed E-state index contributed by atoms with van der Waals surface area (Å²) in [5.74, 6) is 0. The second-order valence-electron chi connectivity index (χ2n) is 6.74. The summed E-state index contributed by atoms with van der Waals surface area (Å²) >= 11 is 0. The van der Waals surface area contributed by atoms with Crippen molar-refractivity contribution in [2.45, 2.75) is 45.3 Å². The van der Waals surface area contributed by atoms with Gasteiger partial charge in [-0.1, -0.05) is 6.07 Å². The van der Waals surface area contributed by atoms with Crippen molar-refractivity contribution in [1.29, 1.82) is 0 Å². The summed E-state index contributed by atoms with van der Waals surface area (Å²) < 4.78 is 11.3. The van der Waals surface area contributed by atoms with E-state index in [1.807, 2.05) is 13.0 Å². The van der Waals surface area contributed by atoms with Gasteiger partial charge in [0.15, 0.2) is 5.58 Å². The highest BCUT2D eigenvalue weighted by atomic mass is 16.5. The predicted molar refractivity (Wildman–Crippen MR) is 84.0 cm³/mol. The predicted octanol–water partition coefficient (Wildman–Crippen LogP) is 2.79. The molecule has 1 aliphatic carbocycles. The molecular weight excluding hydrogens is 280 g/mol. The molecule has 1 spiro atoms. The summed E-state index contributed by atoms with van der Waals surface area (Å²) in [6, 6.07) is 4.91. The van der Waals surface area contributed by atoms with Crippen LogP contribution in [0.5, 0.6) is 0 Å². The van der Waals surface area contributed by atoms with Crippen LogP contribution in [0.3, 0.4) is 0 Å². The van der Waals surface area contributed by atoms with Gasteiger partial charge >= 0.3 is 0 Å². The molecule has 2 atom stereocenters. The number of aliphatic hydroxyl groups is 1. The first-order valence-electron chi connectivity index (χ1n) is 7.99. The lowest BCUT2D eigenvalue weighted by molar-refractivity contribution is -0.133. The number of rotatable bonds is 2. The molecule has 1 aromatic carbocycles. The maximum atomic E-state index is 10.2. The number of hydrogen-bond acceptors (Lipinski definition) is 5. The first-order valence-corrected chi connectivity index (χ1v) is 7.99. The average molecular weight is 302 g/mol. The topological polar surface area (TPSA) is 67.5 Å². The maximum Gasteiger partial charge on any atom is 0.295 e. The Morgan fingerprint density at radius 3 is 2.77 bits per heavy atom. The van der Waals surface area contributed by atoms with Gasteiger partial charge in [-0.15, -0.1) is 0 Å². The van der Waals surface area contributed by atoms with Crippen LogP contribution >= 0.6 is 0 Å². The van der Waals surface area contributed by atoms with E-state index in [9.17, 15) is 5.11 Å². The van der Waals surface area contributed by atoms with Crippen molar-refractivity contribution in [3.8, 4) is 0 Å². The minimum Gasteiger partial charge on any atom is -0.423 e. The number of aryl methyl sites for hydroxylation is 2. The van der Waals surface area contributed by atoms with Crippen molar-refractivity contribution < 1.29 is 14.3 Å². The third-order valence-corrected chi connectivity index (χ3v) is 5.36. The highest BCUT2D eigenvalue weighted by Gasteiger charge is 2.55. The number of nitrogens with one attached hydrogen (secondary N) is 1. The quantitative estimate of drug-likeness (QED) is 0.893. The fraction of sp³-hybridized carbons (Fsp3) is 0.588. The van der Waals surface area contributed by atoms with Crippen LogP contribution in [0.25, 0.3) is 11.1 Å². The monoisotopic (exact) mass is 302 g/mol. The summed E-state index contributed by atoms with van der Waals surface area (Å²) in [4.78, 5) is 4.57. The SMILES string of the molecule is Cc1cc(C)c2oc(N[C@@H]3C[C@@H](O)C34CCOCC4)nc2c1. The molecule has 0 radical (unpaired) electrons. The second-order valence-corrected chi connectivity index (χ2v) is 6.74. The number of nitrogens with zero attached hydrogens (tertiary/aromatic N) is 1. The van der Waals surface area contributed by atoms with Gasteiger partial charge in [0.1, 0.15) is 5.52 Å². The van der Waals surface area contributed by atoms with E-state index in [2.05, 4.69) is 23.3 Å². The summed E-state index contributed by atoms with van der Waals surface area (Å²) in [7, 11) is 0. The van der Waals surface area contributed by atoms with Gasteiger partial charge in [-0.2, -0.15) is 4.98 Å². The van der Waals surface area contributed by atoms with E-state index in [0.29, 0.717) is 6.01 Å². The number of hydrogen-bond donors (Lipinski definition) is 2. The number of aliphatic hydroxyl groups excluding tert-OH is 1. The molecule has 1 aromatic heterocycles. The largest absolute Gasteiger partial charge is 0.423 e. The number of benzene rings is 1. The molecule has 1 aliphatic heterocycles. The van der Waals surface area contributed by atoms with Crippen molar-refractivity contribution in [3.63, 3.8) is 0 Å². The zero-order valence-electron chi connectivity index (χ0n) is 13.1. The molecule has 5 nitrogen and oxygen atoms in total. The van der Waals surface area contributed by atoms with Crippen LogP contribution in [0.1, 0.15) is 30.4 Å². The van der Waals surface area contributed by atoms with Gasteiger partial charge in [-0.05, 0) is 50.3 Å². The zero-order valence-corrected chi connectivity index (χ0v) is 13.1. The van der Waals surface area contributed by atoms with Gasteiger partial charge in [-0.25, -0.2) is 0 Å². The molecule has 0 amide bonds. The fourth-order valence-corrected chi connectivity index (χ4v) is 3.99. The minimum atomic E-state index is -0.248. The van der Waals surface area contributed by atoms with Crippen molar-refractivity contribution in [2.75, 3.05) is 18.5 Å². The highest BCUT2D eigenvalue weighted by Crippen LogP contribution is 2.50. The Balaban J connectivity index is 1.60. The van der Waals surface area contributed by atoms with Crippen LogP contribution in [0, 0.1) is 19.3 Å². The zero-order chi connectivity index (χ0) is 15.3. The molecule has 22 heavy (non-hydrogen) atoms. The van der Waals surface area contributed by atoms with Gasteiger partial charge in [-0.3, -0.25) is 0 Å². The molecule has 5 heteroatoms. The second kappa shape index (κ2) is 4.96. The molecule has 2 aliphatic rings. The smallest absolute Gasteiger partial charge is 0.295 e. The van der Waals surface area contributed by atoms with E-state index in [1.54, 1.807) is 0 Å². The Labute approximate surface area is 129 Å². The Morgan fingerprint density at radius 2 is 2.05 bits per heavy atom. The lowest BCUT2D eigenvalue weighted by Gasteiger charge is -2.55. The average Bonchev–Trinajstić information content (AvgIpc) is 2.91. The van der Waals surface area contributed by atoms with Crippen LogP contribution in [-0.2, 0) is 4.74 Å². The third kappa shape index (κ3) is 2.03.